The highest BCUT2D eigenvalue weighted by molar-refractivity contribution is 6.06. The maximum atomic E-state index is 12.6. The Morgan fingerprint density at radius 1 is 1.12 bits per heavy atom. The molecule has 0 saturated carbocycles. The average Bonchev–Trinajstić information content (AvgIpc) is 3.14. The minimum Gasteiger partial charge on any atom is -0.496 e. The van der Waals surface area contributed by atoms with Gasteiger partial charge in [-0.25, -0.2) is 0 Å². The van der Waals surface area contributed by atoms with Crippen LogP contribution in [-0.4, -0.2) is 32.8 Å². The van der Waals surface area contributed by atoms with Gasteiger partial charge in [0.1, 0.15) is 11.4 Å². The van der Waals surface area contributed by atoms with Gasteiger partial charge in [0, 0.05) is 7.05 Å². The lowest BCUT2D eigenvalue weighted by Crippen LogP contribution is -2.33. The van der Waals surface area contributed by atoms with E-state index in [0.717, 1.165) is 0 Å². The smallest absolute Gasteiger partial charge is 0.267 e. The second-order valence-corrected chi connectivity index (χ2v) is 5.40. The molecular weight excluding hydrogens is 336 g/mol. The van der Waals surface area contributed by atoms with E-state index in [-0.39, 0.29) is 12.5 Å². The summed E-state index contributed by atoms with van der Waals surface area (Å²) in [6.45, 7) is 0.162. The van der Waals surface area contributed by atoms with Gasteiger partial charge in [-0.15, -0.1) is 0 Å². The third-order valence-corrected chi connectivity index (χ3v) is 3.78. The molecular formula is C19H18N2O5. The van der Waals surface area contributed by atoms with Gasteiger partial charge >= 0.3 is 0 Å². The molecule has 2 amide bonds. The van der Waals surface area contributed by atoms with Gasteiger partial charge in [0.15, 0.2) is 11.5 Å². The molecule has 0 aromatic heterocycles. The van der Waals surface area contributed by atoms with Crippen LogP contribution in [0.5, 0.6) is 17.2 Å². The van der Waals surface area contributed by atoms with Crippen LogP contribution in [0.1, 0.15) is 15.9 Å². The van der Waals surface area contributed by atoms with Crippen LogP contribution in [0.2, 0.25) is 0 Å². The molecule has 2 N–H and O–H groups in total. The van der Waals surface area contributed by atoms with Gasteiger partial charge in [-0.2, -0.15) is 0 Å². The number of likely N-dealkylation sites (N-methyl/N-ethyl adjacent to an activating group) is 1. The van der Waals surface area contributed by atoms with E-state index in [2.05, 4.69) is 10.6 Å². The quantitative estimate of drug-likeness (QED) is 0.802. The van der Waals surface area contributed by atoms with E-state index in [4.69, 9.17) is 14.2 Å². The molecule has 0 aliphatic carbocycles. The number of methoxy groups -OCH3 is 1. The standard InChI is InChI=1S/C19H18N2O5/c1-20-19(23)14(9-12-7-8-16-17(10-12)26-11-25-16)21-18(22)13-5-3-4-6-15(13)24-2/h3-10H,11H2,1-2H3,(H,20,23)(H,21,22). The number of hydrogen-bond acceptors (Lipinski definition) is 5. The first-order valence-corrected chi connectivity index (χ1v) is 7.90. The lowest BCUT2D eigenvalue weighted by Gasteiger charge is -2.11. The van der Waals surface area contributed by atoms with E-state index in [1.165, 1.54) is 14.2 Å². The van der Waals surface area contributed by atoms with Gasteiger partial charge in [-0.05, 0) is 35.9 Å². The van der Waals surface area contributed by atoms with Crippen LogP contribution in [0.15, 0.2) is 48.2 Å². The monoisotopic (exact) mass is 354 g/mol. The molecule has 0 unspecified atom stereocenters. The van der Waals surface area contributed by atoms with Crippen molar-refractivity contribution in [1.82, 2.24) is 10.6 Å². The van der Waals surface area contributed by atoms with Gasteiger partial charge in [-0.1, -0.05) is 18.2 Å². The third-order valence-electron chi connectivity index (χ3n) is 3.78. The van der Waals surface area contributed by atoms with Crippen molar-refractivity contribution in [2.75, 3.05) is 21.0 Å². The highest BCUT2D eigenvalue weighted by Gasteiger charge is 2.18. The lowest BCUT2D eigenvalue weighted by atomic mass is 10.1. The van der Waals surface area contributed by atoms with Crippen LogP contribution in [0.3, 0.4) is 0 Å². The number of benzene rings is 2. The van der Waals surface area contributed by atoms with Crippen molar-refractivity contribution in [2.45, 2.75) is 0 Å². The van der Waals surface area contributed by atoms with Crippen molar-refractivity contribution in [3.8, 4) is 17.2 Å². The summed E-state index contributed by atoms with van der Waals surface area (Å²) in [6, 6.07) is 12.0. The molecule has 134 valence electrons. The van der Waals surface area contributed by atoms with Gasteiger partial charge in [0.05, 0.1) is 12.7 Å². The zero-order valence-electron chi connectivity index (χ0n) is 14.4. The summed E-state index contributed by atoms with van der Waals surface area (Å²) in [5.41, 5.74) is 1.12. The first-order chi connectivity index (χ1) is 12.6. The summed E-state index contributed by atoms with van der Waals surface area (Å²) >= 11 is 0. The van der Waals surface area contributed by atoms with E-state index >= 15 is 0 Å². The minimum absolute atomic E-state index is 0.0993. The average molecular weight is 354 g/mol. The molecule has 2 aromatic carbocycles. The number of ether oxygens (including phenoxy) is 3. The van der Waals surface area contributed by atoms with Crippen LogP contribution in [0.25, 0.3) is 6.08 Å². The van der Waals surface area contributed by atoms with Gasteiger partial charge in [0.25, 0.3) is 11.8 Å². The van der Waals surface area contributed by atoms with Gasteiger partial charge in [0.2, 0.25) is 6.79 Å². The predicted octanol–water partition coefficient (Wildman–Crippen LogP) is 1.94. The lowest BCUT2D eigenvalue weighted by molar-refractivity contribution is -0.117. The number of para-hydroxylation sites is 1. The Hall–Kier alpha value is -3.48. The van der Waals surface area contributed by atoms with E-state index in [0.29, 0.717) is 28.4 Å². The Morgan fingerprint density at radius 3 is 2.65 bits per heavy atom. The van der Waals surface area contributed by atoms with E-state index in [9.17, 15) is 9.59 Å². The first-order valence-electron chi connectivity index (χ1n) is 7.90. The molecule has 0 spiro atoms. The van der Waals surface area contributed by atoms with Crippen LogP contribution >= 0.6 is 0 Å². The SMILES string of the molecule is CNC(=O)C(=Cc1ccc2c(c1)OCO2)NC(=O)c1ccccc1OC. The number of amides is 2. The molecule has 0 fully saturated rings. The molecule has 26 heavy (non-hydrogen) atoms. The Morgan fingerprint density at radius 2 is 1.88 bits per heavy atom. The van der Waals surface area contributed by atoms with Gasteiger partial charge in [-0.3, -0.25) is 9.59 Å². The Kier molecular flexibility index (Phi) is 5.07. The van der Waals surface area contributed by atoms with Gasteiger partial charge < -0.3 is 24.8 Å². The van der Waals surface area contributed by atoms with E-state index in [1.807, 2.05) is 0 Å². The summed E-state index contributed by atoms with van der Waals surface area (Å²) in [5, 5.41) is 5.15. The normalized spacial score (nSPS) is 12.5. The largest absolute Gasteiger partial charge is 0.496 e. The number of fused-ring (bicyclic) bond motifs is 1. The fourth-order valence-electron chi connectivity index (χ4n) is 2.48. The maximum Gasteiger partial charge on any atom is 0.267 e. The van der Waals surface area contributed by atoms with E-state index < -0.39 is 11.8 Å². The van der Waals surface area contributed by atoms with Crippen molar-refractivity contribution >= 4 is 17.9 Å². The fraction of sp³-hybridized carbons (Fsp3) is 0.158. The molecule has 0 saturated heterocycles. The molecule has 1 heterocycles. The van der Waals surface area contributed by atoms with Crippen LogP contribution < -0.4 is 24.8 Å². The summed E-state index contributed by atoms with van der Waals surface area (Å²) in [5.74, 6) is 0.779. The molecule has 0 radical (unpaired) electrons. The van der Waals surface area contributed by atoms with Crippen molar-refractivity contribution < 1.29 is 23.8 Å². The highest BCUT2D eigenvalue weighted by Crippen LogP contribution is 2.33. The zero-order chi connectivity index (χ0) is 18.5. The Bertz CT molecular complexity index is 876. The molecule has 1 aliphatic heterocycles. The third kappa shape index (κ3) is 3.61. The number of nitrogens with one attached hydrogen (secondary N) is 2. The summed E-state index contributed by atoms with van der Waals surface area (Å²) in [4.78, 5) is 24.8. The summed E-state index contributed by atoms with van der Waals surface area (Å²) in [7, 11) is 2.97. The first kappa shape index (κ1) is 17.3. The predicted molar refractivity (Wildman–Crippen MR) is 95.1 cm³/mol. The molecule has 7 nitrogen and oxygen atoms in total. The molecule has 1 aliphatic rings. The minimum atomic E-state index is -0.446. The highest BCUT2D eigenvalue weighted by atomic mass is 16.7. The molecule has 0 atom stereocenters. The van der Waals surface area contributed by atoms with Crippen molar-refractivity contribution in [3.63, 3.8) is 0 Å². The zero-order valence-corrected chi connectivity index (χ0v) is 14.4. The molecule has 2 aromatic rings. The summed E-state index contributed by atoms with van der Waals surface area (Å²) in [6.07, 6.45) is 1.56. The molecule has 7 heteroatoms. The summed E-state index contributed by atoms with van der Waals surface area (Å²) < 4.78 is 15.8. The Balaban J connectivity index is 1.89. The molecule has 0 bridgehead atoms. The van der Waals surface area contributed by atoms with E-state index in [1.54, 1.807) is 48.5 Å². The van der Waals surface area contributed by atoms with Crippen molar-refractivity contribution in [1.29, 1.82) is 0 Å². The second kappa shape index (κ2) is 7.60. The Labute approximate surface area is 150 Å². The fourth-order valence-corrected chi connectivity index (χ4v) is 2.48. The second-order valence-electron chi connectivity index (χ2n) is 5.40. The number of carbonyl (C=O) groups excluding carboxylic acids is 2. The van der Waals surface area contributed by atoms with Crippen LogP contribution in [0.4, 0.5) is 0 Å². The van der Waals surface area contributed by atoms with Crippen LogP contribution in [-0.2, 0) is 4.79 Å². The topological polar surface area (TPSA) is 85.9 Å². The van der Waals surface area contributed by atoms with Crippen LogP contribution in [0, 0.1) is 0 Å². The van der Waals surface area contributed by atoms with Crippen molar-refractivity contribution in [3.05, 3.63) is 59.3 Å². The molecule has 3 rings (SSSR count). The van der Waals surface area contributed by atoms with Crippen molar-refractivity contribution in [2.24, 2.45) is 0 Å². The maximum absolute atomic E-state index is 12.6. The number of hydrogen-bond donors (Lipinski definition) is 2. The number of rotatable bonds is 5. The number of carbonyl (C=O) groups is 2.